The summed E-state index contributed by atoms with van der Waals surface area (Å²) < 4.78 is 4.91. The van der Waals surface area contributed by atoms with E-state index in [2.05, 4.69) is 6.58 Å². The molecule has 0 saturated carbocycles. The molecule has 2 aromatic rings. The van der Waals surface area contributed by atoms with Crippen LogP contribution in [0.15, 0.2) is 67.3 Å². The number of benzene rings is 2. The van der Waals surface area contributed by atoms with Gasteiger partial charge in [-0.05, 0) is 24.3 Å². The number of ketones is 2. The highest BCUT2D eigenvalue weighted by atomic mass is 16.5. The molecule has 2 aromatic carbocycles. The largest absolute Gasteiger partial charge is 0.423 e. The summed E-state index contributed by atoms with van der Waals surface area (Å²) in [7, 11) is 0. The fourth-order valence-corrected chi connectivity index (χ4v) is 1.84. The number of esters is 1. The predicted molar refractivity (Wildman–Crippen MR) is 82.0 cm³/mol. The molecule has 0 amide bonds. The molecule has 0 bridgehead atoms. The molecule has 0 aliphatic heterocycles. The molecule has 0 saturated heterocycles. The molecule has 0 heterocycles. The Morgan fingerprint density at radius 2 is 1.41 bits per heavy atom. The first-order valence-electron chi connectivity index (χ1n) is 6.66. The Balaban J connectivity index is 2.02. The van der Waals surface area contributed by atoms with Gasteiger partial charge in [-0.3, -0.25) is 9.59 Å². The lowest BCUT2D eigenvalue weighted by Crippen LogP contribution is -2.09. The number of hydrogen-bond donors (Lipinski definition) is 0. The minimum Gasteiger partial charge on any atom is -0.423 e. The predicted octanol–water partition coefficient (Wildman–Crippen LogP) is 3.23. The molecule has 0 atom stereocenters. The van der Waals surface area contributed by atoms with Crippen molar-refractivity contribution in [2.75, 3.05) is 0 Å². The van der Waals surface area contributed by atoms with E-state index in [0.717, 1.165) is 6.08 Å². The lowest BCUT2D eigenvalue weighted by Gasteiger charge is -2.04. The van der Waals surface area contributed by atoms with Crippen LogP contribution in [0.3, 0.4) is 0 Å². The summed E-state index contributed by atoms with van der Waals surface area (Å²) >= 11 is 0. The minimum atomic E-state index is -0.571. The van der Waals surface area contributed by atoms with Crippen molar-refractivity contribution in [1.82, 2.24) is 0 Å². The zero-order valence-electron chi connectivity index (χ0n) is 11.8. The van der Waals surface area contributed by atoms with Gasteiger partial charge in [0.25, 0.3) is 0 Å². The molecule has 2 rings (SSSR count). The molecule has 4 heteroatoms. The summed E-state index contributed by atoms with van der Waals surface area (Å²) in [5, 5.41) is 0. The highest BCUT2D eigenvalue weighted by molar-refractivity contribution is 6.13. The van der Waals surface area contributed by atoms with Gasteiger partial charge in [-0.25, -0.2) is 4.79 Å². The third-order valence-corrected chi connectivity index (χ3v) is 2.98. The Morgan fingerprint density at radius 1 is 0.864 bits per heavy atom. The van der Waals surface area contributed by atoms with E-state index < -0.39 is 5.97 Å². The monoisotopic (exact) mass is 294 g/mol. The van der Waals surface area contributed by atoms with Gasteiger partial charge in [-0.2, -0.15) is 0 Å². The molecule has 110 valence electrons. The van der Waals surface area contributed by atoms with Crippen LogP contribution in [0, 0.1) is 0 Å². The quantitative estimate of drug-likeness (QED) is 0.270. The van der Waals surface area contributed by atoms with E-state index in [1.54, 1.807) is 24.3 Å². The van der Waals surface area contributed by atoms with E-state index in [-0.39, 0.29) is 18.0 Å². The van der Waals surface area contributed by atoms with Crippen LogP contribution >= 0.6 is 0 Å². The summed E-state index contributed by atoms with van der Waals surface area (Å²) in [6, 6.07) is 14.7. The maximum atomic E-state index is 12.1. The number of rotatable bonds is 6. The molecule has 0 radical (unpaired) electrons. The molecular formula is C18H14O4. The number of ether oxygens (including phenoxy) is 1. The molecule has 0 unspecified atom stereocenters. The summed E-state index contributed by atoms with van der Waals surface area (Å²) in [4.78, 5) is 35.1. The minimum absolute atomic E-state index is 0.199. The van der Waals surface area contributed by atoms with Gasteiger partial charge < -0.3 is 4.74 Å². The second-order valence-corrected chi connectivity index (χ2v) is 4.54. The van der Waals surface area contributed by atoms with Crippen LogP contribution in [-0.2, 0) is 4.79 Å². The number of Topliss-reactive ketones (excluding diaryl/α,β-unsaturated/α-hetero) is 2. The van der Waals surface area contributed by atoms with Crippen molar-refractivity contribution in [3.05, 3.63) is 78.4 Å². The first-order chi connectivity index (χ1) is 10.6. The first-order valence-corrected chi connectivity index (χ1v) is 6.66. The van der Waals surface area contributed by atoms with Crippen LogP contribution in [0.4, 0.5) is 0 Å². The number of hydrogen-bond acceptors (Lipinski definition) is 4. The van der Waals surface area contributed by atoms with Gasteiger partial charge in [0.15, 0.2) is 11.6 Å². The summed E-state index contributed by atoms with van der Waals surface area (Å²) in [6.07, 6.45) is 0.855. The van der Waals surface area contributed by atoms with Gasteiger partial charge in [0, 0.05) is 17.2 Å². The average Bonchev–Trinajstić information content (AvgIpc) is 2.56. The first kappa shape index (κ1) is 15.4. The lowest BCUT2D eigenvalue weighted by atomic mass is 10.0. The van der Waals surface area contributed by atoms with Gasteiger partial charge in [0.2, 0.25) is 0 Å². The molecule has 0 aliphatic carbocycles. The van der Waals surface area contributed by atoms with Crippen molar-refractivity contribution in [1.29, 1.82) is 0 Å². The van der Waals surface area contributed by atoms with Gasteiger partial charge >= 0.3 is 5.97 Å². The van der Waals surface area contributed by atoms with Crippen LogP contribution < -0.4 is 4.74 Å². The van der Waals surface area contributed by atoms with Crippen molar-refractivity contribution in [2.45, 2.75) is 6.42 Å². The molecule has 0 fully saturated rings. The zero-order chi connectivity index (χ0) is 15.9. The van der Waals surface area contributed by atoms with Gasteiger partial charge in [0.1, 0.15) is 5.75 Å². The average molecular weight is 294 g/mol. The molecule has 0 spiro atoms. The fourth-order valence-electron chi connectivity index (χ4n) is 1.84. The van der Waals surface area contributed by atoms with E-state index in [1.165, 1.54) is 24.3 Å². The van der Waals surface area contributed by atoms with Gasteiger partial charge in [-0.1, -0.05) is 36.9 Å². The van der Waals surface area contributed by atoms with Crippen LogP contribution in [0.1, 0.15) is 27.1 Å². The molecule has 22 heavy (non-hydrogen) atoms. The topological polar surface area (TPSA) is 60.4 Å². The van der Waals surface area contributed by atoms with Crippen LogP contribution in [0.25, 0.3) is 0 Å². The Hall–Kier alpha value is -3.01. The van der Waals surface area contributed by atoms with Crippen molar-refractivity contribution in [3.63, 3.8) is 0 Å². The summed E-state index contributed by atoms with van der Waals surface area (Å²) in [5.74, 6) is -0.766. The highest BCUT2D eigenvalue weighted by Gasteiger charge is 2.13. The normalized spacial score (nSPS) is 9.82. The second-order valence-electron chi connectivity index (χ2n) is 4.54. The third kappa shape index (κ3) is 3.99. The SMILES string of the molecule is C=CC(=O)Oc1ccc(C(=O)CC(=O)c2ccccc2)cc1. The van der Waals surface area contributed by atoms with E-state index in [4.69, 9.17) is 4.74 Å². The Kier molecular flexibility index (Phi) is 4.98. The molecule has 0 N–H and O–H groups in total. The van der Waals surface area contributed by atoms with Crippen LogP contribution in [0.5, 0.6) is 5.75 Å². The second kappa shape index (κ2) is 7.13. The van der Waals surface area contributed by atoms with E-state index in [1.807, 2.05) is 6.07 Å². The third-order valence-electron chi connectivity index (χ3n) is 2.98. The van der Waals surface area contributed by atoms with Crippen molar-refractivity contribution >= 4 is 17.5 Å². The molecular weight excluding hydrogens is 280 g/mol. The highest BCUT2D eigenvalue weighted by Crippen LogP contribution is 2.15. The fraction of sp³-hybridized carbons (Fsp3) is 0.0556. The molecule has 4 nitrogen and oxygen atoms in total. The summed E-state index contributed by atoms with van der Waals surface area (Å²) in [6.45, 7) is 3.30. The zero-order valence-corrected chi connectivity index (χ0v) is 11.8. The Bertz CT molecular complexity index is 700. The van der Waals surface area contributed by atoms with E-state index in [0.29, 0.717) is 16.9 Å². The standard InChI is InChI=1S/C18H14O4/c1-2-18(21)22-15-10-8-14(9-11-15)17(20)12-16(19)13-6-4-3-5-7-13/h2-11H,1,12H2. The van der Waals surface area contributed by atoms with Gasteiger partial charge in [0.05, 0.1) is 6.42 Å². The van der Waals surface area contributed by atoms with Gasteiger partial charge in [-0.15, -0.1) is 0 Å². The van der Waals surface area contributed by atoms with Crippen LogP contribution in [-0.4, -0.2) is 17.5 Å². The smallest absolute Gasteiger partial charge is 0.335 e. The van der Waals surface area contributed by atoms with Crippen LogP contribution in [0.2, 0.25) is 0 Å². The molecule has 0 aliphatic rings. The van der Waals surface area contributed by atoms with Crippen molar-refractivity contribution in [3.8, 4) is 5.75 Å². The lowest BCUT2D eigenvalue weighted by molar-refractivity contribution is -0.128. The van der Waals surface area contributed by atoms with E-state index in [9.17, 15) is 14.4 Å². The number of carbonyl (C=O) groups is 3. The number of carbonyl (C=O) groups excluding carboxylic acids is 3. The Labute approximate surface area is 128 Å². The van der Waals surface area contributed by atoms with E-state index >= 15 is 0 Å². The van der Waals surface area contributed by atoms with Crippen molar-refractivity contribution < 1.29 is 19.1 Å². The maximum Gasteiger partial charge on any atom is 0.335 e. The Morgan fingerprint density at radius 3 is 1.95 bits per heavy atom. The van der Waals surface area contributed by atoms with Crippen molar-refractivity contribution in [2.24, 2.45) is 0 Å². The summed E-state index contributed by atoms with van der Waals surface area (Å²) in [5.41, 5.74) is 0.898. The maximum absolute atomic E-state index is 12.1. The molecule has 0 aromatic heterocycles.